The van der Waals surface area contributed by atoms with E-state index in [0.717, 1.165) is 54.3 Å². The molecule has 1 fully saturated rings. The molecule has 2 N–H and O–H groups in total. The summed E-state index contributed by atoms with van der Waals surface area (Å²) in [6.07, 6.45) is 4.51. The molecule has 34 heavy (non-hydrogen) atoms. The van der Waals surface area contributed by atoms with Gasteiger partial charge in [0.1, 0.15) is 4.21 Å². The maximum Gasteiger partial charge on any atom is 0.342 e. The maximum atomic E-state index is 13.2. The minimum Gasteiger partial charge on any atom is -0.479 e. The van der Waals surface area contributed by atoms with Crippen LogP contribution in [0, 0.1) is 12.8 Å². The number of thiazole rings is 1. The number of carboxylic acid groups (broad SMARTS) is 1. The van der Waals surface area contributed by atoms with E-state index in [2.05, 4.69) is 17.2 Å². The van der Waals surface area contributed by atoms with Gasteiger partial charge in [0.05, 0.1) is 24.9 Å². The van der Waals surface area contributed by atoms with Gasteiger partial charge in [0.2, 0.25) is 15.2 Å². The number of aromatic nitrogens is 1. The predicted molar refractivity (Wildman–Crippen MR) is 128 cm³/mol. The first-order valence-electron chi connectivity index (χ1n) is 11.2. The molecule has 1 aliphatic carbocycles. The van der Waals surface area contributed by atoms with Crippen LogP contribution in [0.3, 0.4) is 0 Å². The zero-order valence-corrected chi connectivity index (χ0v) is 21.0. The van der Waals surface area contributed by atoms with Crippen LogP contribution in [-0.2, 0) is 26.0 Å². The quantitative estimate of drug-likeness (QED) is 0.470. The maximum absolute atomic E-state index is 13.2. The zero-order chi connectivity index (χ0) is 24.7. The third-order valence-electron chi connectivity index (χ3n) is 6.16. The van der Waals surface area contributed by atoms with Crippen molar-refractivity contribution in [1.29, 1.82) is 0 Å². The number of aliphatic carboxylic acids is 1. The highest BCUT2D eigenvalue weighted by molar-refractivity contribution is 7.94. The predicted octanol–water partition coefficient (Wildman–Crippen LogP) is 3.44. The van der Waals surface area contributed by atoms with Gasteiger partial charge in [-0.15, -0.1) is 11.3 Å². The third kappa shape index (κ3) is 6.55. The number of carbonyl (C=O) groups excluding carboxylic acids is 1. The molecule has 1 heterocycles. The van der Waals surface area contributed by atoms with Crippen LogP contribution in [0.15, 0.2) is 40.2 Å². The number of benzene rings is 1. The van der Waals surface area contributed by atoms with E-state index in [1.165, 1.54) is 10.4 Å². The van der Waals surface area contributed by atoms with Gasteiger partial charge in [-0.1, -0.05) is 31.2 Å². The fourth-order valence-corrected chi connectivity index (χ4v) is 6.31. The van der Waals surface area contributed by atoms with E-state index in [4.69, 9.17) is 4.74 Å². The Labute approximate surface area is 204 Å². The first-order chi connectivity index (χ1) is 16.2. The second-order valence-electron chi connectivity index (χ2n) is 8.62. The van der Waals surface area contributed by atoms with Crippen LogP contribution in [0.25, 0.3) is 0 Å². The second kappa shape index (κ2) is 11.8. The van der Waals surface area contributed by atoms with Crippen LogP contribution < -0.4 is 5.32 Å². The van der Waals surface area contributed by atoms with Gasteiger partial charge in [-0.05, 0) is 49.7 Å². The lowest BCUT2D eigenvalue weighted by Gasteiger charge is -2.36. The molecule has 0 radical (unpaired) electrons. The molecule has 0 aliphatic heterocycles. The number of urea groups is 1. The number of hydrogen-bond acceptors (Lipinski definition) is 7. The number of amides is 2. The van der Waals surface area contributed by atoms with Crippen molar-refractivity contribution in [3.8, 4) is 0 Å². The Balaban J connectivity index is 1.70. The monoisotopic (exact) mass is 509 g/mol. The van der Waals surface area contributed by atoms with Crippen molar-refractivity contribution >= 4 is 33.2 Å². The van der Waals surface area contributed by atoms with Gasteiger partial charge in [0.25, 0.3) is 0 Å². The smallest absolute Gasteiger partial charge is 0.342 e. The molecule has 2 amide bonds. The van der Waals surface area contributed by atoms with Gasteiger partial charge in [0, 0.05) is 12.6 Å². The van der Waals surface area contributed by atoms with Crippen molar-refractivity contribution < 1.29 is 27.9 Å². The molecule has 3 rings (SSSR count). The molecular formula is C23H31N3O6S2. The van der Waals surface area contributed by atoms with Crippen molar-refractivity contribution in [2.45, 2.75) is 61.8 Å². The van der Waals surface area contributed by atoms with Crippen molar-refractivity contribution in [3.63, 3.8) is 0 Å². The van der Waals surface area contributed by atoms with E-state index in [9.17, 15) is 23.1 Å². The Bertz CT molecular complexity index is 1070. The molecule has 1 aliphatic rings. The molecule has 11 heteroatoms. The number of ether oxygens (including phenoxy) is 1. The summed E-state index contributed by atoms with van der Waals surface area (Å²) >= 11 is 0.808. The SMILES string of the molecule is Cc1ccccc1COCCN(C(=O)NC(C(=O)O)S(=O)(=O)c1cncs1)C1CCC(C)CC1. The van der Waals surface area contributed by atoms with E-state index >= 15 is 0 Å². The summed E-state index contributed by atoms with van der Waals surface area (Å²) in [6.45, 7) is 5.02. The Morgan fingerprint density at radius 3 is 2.59 bits per heavy atom. The Morgan fingerprint density at radius 2 is 1.97 bits per heavy atom. The van der Waals surface area contributed by atoms with Crippen LogP contribution >= 0.6 is 11.3 Å². The summed E-state index contributed by atoms with van der Waals surface area (Å²) in [7, 11) is -4.32. The van der Waals surface area contributed by atoms with E-state index in [-0.39, 0.29) is 23.4 Å². The number of nitrogens with one attached hydrogen (secondary N) is 1. The van der Waals surface area contributed by atoms with E-state index < -0.39 is 27.2 Å². The zero-order valence-electron chi connectivity index (χ0n) is 19.3. The Kier molecular flexibility index (Phi) is 9.03. The molecule has 0 bridgehead atoms. The normalized spacial score (nSPS) is 19.4. The average Bonchev–Trinajstić information content (AvgIpc) is 3.35. The summed E-state index contributed by atoms with van der Waals surface area (Å²) in [6, 6.07) is 7.03. The molecular weight excluding hydrogens is 478 g/mol. The van der Waals surface area contributed by atoms with Crippen molar-refractivity contribution in [1.82, 2.24) is 15.2 Å². The van der Waals surface area contributed by atoms with Gasteiger partial charge in [-0.3, -0.25) is 4.98 Å². The topological polar surface area (TPSA) is 126 Å². The van der Waals surface area contributed by atoms with Crippen molar-refractivity contribution in [3.05, 3.63) is 47.1 Å². The van der Waals surface area contributed by atoms with Crippen molar-refractivity contribution in [2.24, 2.45) is 5.92 Å². The van der Waals surface area contributed by atoms with Crippen LogP contribution in [0.1, 0.15) is 43.7 Å². The lowest BCUT2D eigenvalue weighted by molar-refractivity contribution is -0.137. The summed E-state index contributed by atoms with van der Waals surface area (Å²) in [4.78, 5) is 30.3. The number of nitrogens with zero attached hydrogens (tertiary/aromatic N) is 2. The molecule has 1 unspecified atom stereocenters. The highest BCUT2D eigenvalue weighted by Gasteiger charge is 2.38. The van der Waals surface area contributed by atoms with Crippen LogP contribution in [0.5, 0.6) is 0 Å². The van der Waals surface area contributed by atoms with Gasteiger partial charge < -0.3 is 20.1 Å². The van der Waals surface area contributed by atoms with Crippen molar-refractivity contribution in [2.75, 3.05) is 13.2 Å². The number of rotatable bonds is 10. The fraction of sp³-hybridized carbons (Fsp3) is 0.522. The highest BCUT2D eigenvalue weighted by Crippen LogP contribution is 2.27. The van der Waals surface area contributed by atoms with Crippen LogP contribution in [-0.4, -0.2) is 60.0 Å². The number of aryl methyl sites for hydroxylation is 1. The fourth-order valence-electron chi connectivity index (χ4n) is 4.05. The minimum absolute atomic E-state index is 0.112. The van der Waals surface area contributed by atoms with E-state index in [0.29, 0.717) is 12.5 Å². The molecule has 1 aromatic carbocycles. The van der Waals surface area contributed by atoms with Gasteiger partial charge in [-0.2, -0.15) is 0 Å². The number of carboxylic acids is 1. The summed E-state index contributed by atoms with van der Waals surface area (Å²) in [5.74, 6) is -1.09. The van der Waals surface area contributed by atoms with E-state index in [1.54, 1.807) is 0 Å². The largest absolute Gasteiger partial charge is 0.479 e. The first-order valence-corrected chi connectivity index (χ1v) is 13.7. The second-order valence-corrected chi connectivity index (χ2v) is 11.8. The molecule has 2 aromatic rings. The lowest BCUT2D eigenvalue weighted by atomic mass is 9.86. The van der Waals surface area contributed by atoms with Gasteiger partial charge in [0.15, 0.2) is 0 Å². The first kappa shape index (κ1) is 26.1. The van der Waals surface area contributed by atoms with Gasteiger partial charge >= 0.3 is 12.0 Å². The summed E-state index contributed by atoms with van der Waals surface area (Å²) in [5, 5.41) is 9.74. The van der Waals surface area contributed by atoms with Gasteiger partial charge in [-0.25, -0.2) is 18.0 Å². The molecule has 1 aromatic heterocycles. The molecule has 1 saturated carbocycles. The summed E-state index contributed by atoms with van der Waals surface area (Å²) < 4.78 is 31.2. The third-order valence-corrected chi connectivity index (χ3v) is 9.32. The standard InChI is InChI=1S/C23H31N3O6S2/c1-16-7-9-19(10-8-16)26(11-12-32-14-18-6-4-3-5-17(18)2)23(29)25-21(22(27)28)34(30,31)20-13-24-15-33-20/h3-6,13,15-16,19,21H,7-12,14H2,1-2H3,(H,25,29)(H,27,28). The highest BCUT2D eigenvalue weighted by atomic mass is 32.2. The number of sulfone groups is 1. The summed E-state index contributed by atoms with van der Waals surface area (Å²) in [5.41, 5.74) is 3.46. The molecule has 0 spiro atoms. The molecule has 0 saturated heterocycles. The Morgan fingerprint density at radius 1 is 1.26 bits per heavy atom. The number of carbonyl (C=O) groups is 2. The lowest BCUT2D eigenvalue weighted by Crippen LogP contribution is -2.55. The number of hydrogen-bond donors (Lipinski definition) is 2. The molecule has 9 nitrogen and oxygen atoms in total. The minimum atomic E-state index is -4.32. The van der Waals surface area contributed by atoms with Crippen LogP contribution in [0.2, 0.25) is 0 Å². The van der Waals surface area contributed by atoms with E-state index in [1.807, 2.05) is 31.2 Å². The molecule has 1 atom stereocenters. The molecule has 186 valence electrons. The van der Waals surface area contributed by atoms with Crippen LogP contribution in [0.4, 0.5) is 4.79 Å². The average molecular weight is 510 g/mol. The Hall–Kier alpha value is -2.50.